The molecule has 2 aromatic rings. The molecule has 7 heteroatoms. The van der Waals surface area contributed by atoms with Crippen LogP contribution in [0.4, 0.5) is 0 Å². The van der Waals surface area contributed by atoms with Gasteiger partial charge in [-0.3, -0.25) is 4.79 Å². The molecule has 5 aliphatic rings. The molecule has 2 atom stereocenters. The van der Waals surface area contributed by atoms with Crippen LogP contribution in [-0.4, -0.2) is 39.6 Å². The number of hydrogen-bond donors (Lipinski definition) is 0. The van der Waals surface area contributed by atoms with E-state index in [0.717, 1.165) is 36.8 Å². The number of esters is 1. The molecular weight excluding hydrogens is 430 g/mol. The second-order valence-electron chi connectivity index (χ2n) is 11.2. The highest BCUT2D eigenvalue weighted by molar-refractivity contribution is 5.89. The summed E-state index contributed by atoms with van der Waals surface area (Å²) in [7, 11) is 0. The quantitative estimate of drug-likeness (QED) is 0.589. The Labute approximate surface area is 200 Å². The van der Waals surface area contributed by atoms with Crippen molar-refractivity contribution >= 4 is 11.9 Å². The van der Waals surface area contributed by atoms with Crippen molar-refractivity contribution in [2.45, 2.75) is 77.4 Å². The fourth-order valence-electron chi connectivity index (χ4n) is 7.45. The van der Waals surface area contributed by atoms with Crippen molar-refractivity contribution < 1.29 is 18.7 Å². The minimum Gasteiger partial charge on any atom is -0.451 e. The molecular formula is C27H33N3O4. The third-order valence-corrected chi connectivity index (χ3v) is 8.66. The summed E-state index contributed by atoms with van der Waals surface area (Å²) in [6.07, 6.45) is 7.74. The molecule has 0 radical (unpaired) electrons. The van der Waals surface area contributed by atoms with Crippen molar-refractivity contribution in [1.29, 1.82) is 0 Å². The summed E-state index contributed by atoms with van der Waals surface area (Å²) in [4.78, 5) is 28.9. The first-order chi connectivity index (χ1) is 16.4. The number of ether oxygens (including phenoxy) is 1. The molecule has 2 heterocycles. The number of nitrogens with zero attached hydrogens (tertiary/aromatic N) is 3. The van der Waals surface area contributed by atoms with Gasteiger partial charge in [-0.25, -0.2) is 4.79 Å². The van der Waals surface area contributed by atoms with Crippen LogP contribution in [0.2, 0.25) is 0 Å². The second kappa shape index (κ2) is 8.21. The smallest absolute Gasteiger partial charge is 0.329 e. The molecule has 1 aromatic heterocycles. The molecule has 1 saturated heterocycles. The minimum absolute atomic E-state index is 0.207. The predicted molar refractivity (Wildman–Crippen MR) is 124 cm³/mol. The standard InChI is InChI=1S/C27H33N3O4/c1-16-5-7-21(8-6-16)24-29-28-23(34-24)17(2)33-25(31)22-4-3-9-30(22)26(32)27-13-18-10-19(14-27)12-20(11-18)15-27/h5-8,17-20,22H,3-4,9-15H2,1-2H3. The van der Waals surface area contributed by atoms with E-state index in [9.17, 15) is 9.59 Å². The number of amides is 1. The van der Waals surface area contributed by atoms with Crippen LogP contribution in [0, 0.1) is 30.1 Å². The molecule has 4 bridgehead atoms. The monoisotopic (exact) mass is 463 g/mol. The van der Waals surface area contributed by atoms with E-state index in [1.54, 1.807) is 6.92 Å². The van der Waals surface area contributed by atoms with Crippen molar-refractivity contribution in [2.24, 2.45) is 23.2 Å². The first-order valence-corrected chi connectivity index (χ1v) is 12.8. The molecule has 5 fully saturated rings. The molecule has 0 N–H and O–H groups in total. The number of carbonyl (C=O) groups is 2. The van der Waals surface area contributed by atoms with Crippen LogP contribution in [0.1, 0.15) is 75.8 Å². The van der Waals surface area contributed by atoms with Crippen molar-refractivity contribution in [3.63, 3.8) is 0 Å². The number of likely N-dealkylation sites (tertiary alicyclic amines) is 1. The largest absolute Gasteiger partial charge is 0.451 e. The van der Waals surface area contributed by atoms with Crippen LogP contribution in [0.3, 0.4) is 0 Å². The average molecular weight is 464 g/mol. The number of aryl methyl sites for hydroxylation is 1. The maximum atomic E-state index is 13.8. The Hall–Kier alpha value is -2.70. The van der Waals surface area contributed by atoms with Gasteiger partial charge in [0.25, 0.3) is 5.89 Å². The molecule has 1 amide bonds. The maximum Gasteiger partial charge on any atom is 0.329 e. The van der Waals surface area contributed by atoms with Gasteiger partial charge in [-0.1, -0.05) is 17.7 Å². The van der Waals surface area contributed by atoms with Crippen molar-refractivity contribution in [3.8, 4) is 11.5 Å². The summed E-state index contributed by atoms with van der Waals surface area (Å²) in [6, 6.07) is 7.31. The summed E-state index contributed by atoms with van der Waals surface area (Å²) >= 11 is 0. The predicted octanol–water partition coefficient (Wildman–Crippen LogP) is 4.86. The van der Waals surface area contributed by atoms with E-state index < -0.39 is 12.1 Å². The Kier molecular flexibility index (Phi) is 5.26. The van der Waals surface area contributed by atoms with E-state index in [2.05, 4.69) is 10.2 Å². The number of benzene rings is 1. The summed E-state index contributed by atoms with van der Waals surface area (Å²) in [6.45, 7) is 4.40. The number of rotatable bonds is 5. The van der Waals surface area contributed by atoms with Gasteiger partial charge < -0.3 is 14.1 Å². The van der Waals surface area contributed by atoms with Gasteiger partial charge in [0.15, 0.2) is 6.10 Å². The Morgan fingerprint density at radius 2 is 1.71 bits per heavy atom. The Morgan fingerprint density at radius 1 is 1.06 bits per heavy atom. The average Bonchev–Trinajstić information content (AvgIpc) is 3.48. The summed E-state index contributed by atoms with van der Waals surface area (Å²) in [5, 5.41) is 8.22. The Bertz CT molecular complexity index is 1060. The van der Waals surface area contributed by atoms with Crippen LogP contribution >= 0.6 is 0 Å². The van der Waals surface area contributed by atoms with E-state index in [1.165, 1.54) is 19.3 Å². The Balaban J connectivity index is 1.13. The maximum absolute atomic E-state index is 13.8. The highest BCUT2D eigenvalue weighted by Gasteiger charge is 2.57. The lowest BCUT2D eigenvalue weighted by molar-refractivity contribution is -0.168. The van der Waals surface area contributed by atoms with E-state index in [-0.39, 0.29) is 23.2 Å². The van der Waals surface area contributed by atoms with E-state index in [4.69, 9.17) is 9.15 Å². The lowest BCUT2D eigenvalue weighted by Crippen LogP contribution is -2.56. The van der Waals surface area contributed by atoms with Gasteiger partial charge >= 0.3 is 5.97 Å². The van der Waals surface area contributed by atoms with Crippen molar-refractivity contribution in [2.75, 3.05) is 6.54 Å². The second-order valence-corrected chi connectivity index (χ2v) is 11.2. The van der Waals surface area contributed by atoms with Gasteiger partial charge in [0.2, 0.25) is 11.8 Å². The molecule has 2 unspecified atom stereocenters. The number of aromatic nitrogens is 2. The molecule has 1 aromatic carbocycles. The zero-order valence-electron chi connectivity index (χ0n) is 20.0. The van der Waals surface area contributed by atoms with E-state index in [0.29, 0.717) is 36.6 Å². The zero-order chi connectivity index (χ0) is 23.4. The van der Waals surface area contributed by atoms with E-state index >= 15 is 0 Å². The molecule has 7 nitrogen and oxygen atoms in total. The van der Waals surface area contributed by atoms with Crippen molar-refractivity contribution in [1.82, 2.24) is 15.1 Å². The normalized spacial score (nSPS) is 32.7. The van der Waals surface area contributed by atoms with Gasteiger partial charge in [0.05, 0.1) is 5.41 Å². The lowest BCUT2D eigenvalue weighted by atomic mass is 9.49. The van der Waals surface area contributed by atoms with Gasteiger partial charge in [0.1, 0.15) is 6.04 Å². The van der Waals surface area contributed by atoms with Crippen LogP contribution in [0.15, 0.2) is 28.7 Å². The first kappa shape index (κ1) is 21.8. The number of hydrogen-bond acceptors (Lipinski definition) is 6. The van der Waals surface area contributed by atoms with Crippen LogP contribution in [-0.2, 0) is 14.3 Å². The molecule has 7 rings (SSSR count). The first-order valence-electron chi connectivity index (χ1n) is 12.8. The topological polar surface area (TPSA) is 85.5 Å². The van der Waals surface area contributed by atoms with Gasteiger partial charge in [-0.2, -0.15) is 0 Å². The highest BCUT2D eigenvalue weighted by Crippen LogP contribution is 2.60. The van der Waals surface area contributed by atoms with Crippen LogP contribution in [0.25, 0.3) is 11.5 Å². The Morgan fingerprint density at radius 3 is 2.35 bits per heavy atom. The zero-order valence-corrected chi connectivity index (χ0v) is 20.0. The van der Waals surface area contributed by atoms with Crippen LogP contribution < -0.4 is 0 Å². The van der Waals surface area contributed by atoms with Gasteiger partial charge in [-0.05, 0) is 95.1 Å². The van der Waals surface area contributed by atoms with Gasteiger partial charge in [0, 0.05) is 12.1 Å². The molecule has 4 aliphatic carbocycles. The van der Waals surface area contributed by atoms with Crippen molar-refractivity contribution in [3.05, 3.63) is 35.7 Å². The summed E-state index contributed by atoms with van der Waals surface area (Å²) < 4.78 is 11.6. The third-order valence-electron chi connectivity index (χ3n) is 8.66. The summed E-state index contributed by atoms with van der Waals surface area (Å²) in [5.74, 6) is 2.60. The fourth-order valence-corrected chi connectivity index (χ4v) is 7.45. The molecule has 1 aliphatic heterocycles. The highest BCUT2D eigenvalue weighted by atomic mass is 16.6. The molecule has 0 spiro atoms. The van der Waals surface area contributed by atoms with Crippen LogP contribution in [0.5, 0.6) is 0 Å². The molecule has 180 valence electrons. The number of carbonyl (C=O) groups excluding carboxylic acids is 2. The SMILES string of the molecule is Cc1ccc(-c2nnc(C(C)OC(=O)C3CCCN3C(=O)C34CC5CC(CC(C5)C3)C4)o2)cc1. The molecule has 34 heavy (non-hydrogen) atoms. The molecule has 4 saturated carbocycles. The summed E-state index contributed by atoms with van der Waals surface area (Å²) in [5.41, 5.74) is 1.74. The van der Waals surface area contributed by atoms with Gasteiger partial charge in [-0.15, -0.1) is 10.2 Å². The lowest BCUT2D eigenvalue weighted by Gasteiger charge is -2.56. The fraction of sp³-hybridized carbons (Fsp3) is 0.630. The van der Waals surface area contributed by atoms with E-state index in [1.807, 2.05) is 36.1 Å². The minimum atomic E-state index is -0.670. The third kappa shape index (κ3) is 3.73.